The van der Waals surface area contributed by atoms with Gasteiger partial charge in [-0.1, -0.05) is 23.7 Å². The van der Waals surface area contributed by atoms with Crippen molar-refractivity contribution in [2.24, 2.45) is 0 Å². The first-order valence-electron chi connectivity index (χ1n) is 8.73. The maximum Gasteiger partial charge on any atom is 0.173 e. The first kappa shape index (κ1) is 19.4. The number of thiocarbonyl (C=S) groups is 1. The Bertz CT molecular complexity index is 891. The Morgan fingerprint density at radius 2 is 1.70 bits per heavy atom. The third-order valence-corrected chi connectivity index (χ3v) is 5.14. The first-order chi connectivity index (χ1) is 12.9. The summed E-state index contributed by atoms with van der Waals surface area (Å²) in [5.41, 5.74) is 2.60. The number of halogens is 1. The summed E-state index contributed by atoms with van der Waals surface area (Å²) in [4.78, 5) is 14.2. The van der Waals surface area contributed by atoms with E-state index < -0.39 is 0 Å². The molecular weight excluding hydrogens is 380 g/mol. The Labute approximate surface area is 169 Å². The Kier molecular flexibility index (Phi) is 5.82. The van der Waals surface area contributed by atoms with E-state index in [9.17, 15) is 4.79 Å². The molecule has 1 atom stereocenters. The van der Waals surface area contributed by atoms with Gasteiger partial charge < -0.3 is 15.0 Å². The fourth-order valence-corrected chi connectivity index (χ4v) is 3.75. The number of carbonyl (C=O) groups is 1. The lowest BCUT2D eigenvalue weighted by atomic mass is 9.92. The van der Waals surface area contributed by atoms with Crippen LogP contribution in [0.15, 0.2) is 59.8 Å². The Morgan fingerprint density at radius 3 is 2.22 bits per heavy atom. The molecule has 0 amide bonds. The topological polar surface area (TPSA) is 41.6 Å². The van der Waals surface area contributed by atoms with Crippen molar-refractivity contribution < 1.29 is 9.53 Å². The SMILES string of the molecule is CCN1C(=S)NC(c2ccc(Oc3ccc(Cl)cc3)cc2)C(C(C)=O)=C1C. The second kappa shape index (κ2) is 8.11. The molecule has 0 aliphatic carbocycles. The molecule has 1 aliphatic heterocycles. The van der Waals surface area contributed by atoms with E-state index >= 15 is 0 Å². The quantitative estimate of drug-likeness (QED) is 0.694. The van der Waals surface area contributed by atoms with Crippen LogP contribution in [0.3, 0.4) is 0 Å². The van der Waals surface area contributed by atoms with E-state index in [0.29, 0.717) is 21.6 Å². The van der Waals surface area contributed by atoms with Gasteiger partial charge in [0.15, 0.2) is 10.9 Å². The van der Waals surface area contributed by atoms with Crippen molar-refractivity contribution in [3.05, 3.63) is 70.4 Å². The van der Waals surface area contributed by atoms with Gasteiger partial charge in [-0.25, -0.2) is 0 Å². The molecule has 2 aromatic rings. The number of hydrogen-bond acceptors (Lipinski definition) is 3. The van der Waals surface area contributed by atoms with Crippen LogP contribution in [0.5, 0.6) is 11.5 Å². The summed E-state index contributed by atoms with van der Waals surface area (Å²) >= 11 is 11.4. The molecule has 140 valence electrons. The van der Waals surface area contributed by atoms with Crippen molar-refractivity contribution in [1.29, 1.82) is 0 Å². The third kappa shape index (κ3) is 4.15. The van der Waals surface area contributed by atoms with Crippen LogP contribution in [0.2, 0.25) is 5.02 Å². The average molecular weight is 401 g/mol. The molecule has 3 rings (SSSR count). The van der Waals surface area contributed by atoms with Crippen LogP contribution in [-0.2, 0) is 4.79 Å². The molecular formula is C21H21ClN2O2S. The summed E-state index contributed by atoms with van der Waals surface area (Å²) in [5.74, 6) is 1.45. The standard InChI is InChI=1S/C21H21ClN2O2S/c1-4-24-13(2)19(14(3)25)20(23-21(24)27)15-5-9-17(10-6-15)26-18-11-7-16(22)8-12-18/h5-12,20H,4H2,1-3H3,(H,23,27). The van der Waals surface area contributed by atoms with Gasteiger partial charge in [0.1, 0.15) is 11.5 Å². The van der Waals surface area contributed by atoms with Crippen molar-refractivity contribution >= 4 is 34.7 Å². The molecule has 0 aromatic heterocycles. The lowest BCUT2D eigenvalue weighted by Crippen LogP contribution is -2.47. The highest BCUT2D eigenvalue weighted by atomic mass is 35.5. The highest BCUT2D eigenvalue weighted by Crippen LogP contribution is 2.32. The summed E-state index contributed by atoms with van der Waals surface area (Å²) in [6.45, 7) is 6.26. The summed E-state index contributed by atoms with van der Waals surface area (Å²) in [6.07, 6.45) is 0. The molecule has 0 saturated heterocycles. The highest BCUT2D eigenvalue weighted by Gasteiger charge is 2.31. The van der Waals surface area contributed by atoms with Crippen LogP contribution in [0, 0.1) is 0 Å². The Hall–Kier alpha value is -2.37. The summed E-state index contributed by atoms with van der Waals surface area (Å²) in [6, 6.07) is 14.6. The second-order valence-electron chi connectivity index (χ2n) is 6.31. The number of benzene rings is 2. The van der Waals surface area contributed by atoms with E-state index in [4.69, 9.17) is 28.6 Å². The zero-order valence-corrected chi connectivity index (χ0v) is 17.0. The van der Waals surface area contributed by atoms with Crippen LogP contribution in [0.1, 0.15) is 32.4 Å². The molecule has 1 aliphatic rings. The molecule has 0 bridgehead atoms. The molecule has 4 nitrogen and oxygen atoms in total. The van der Waals surface area contributed by atoms with Crippen LogP contribution in [0.4, 0.5) is 0 Å². The van der Waals surface area contributed by atoms with Crippen LogP contribution in [-0.4, -0.2) is 22.3 Å². The van der Waals surface area contributed by atoms with E-state index in [2.05, 4.69) is 5.32 Å². The van der Waals surface area contributed by atoms with Crippen molar-refractivity contribution in [2.75, 3.05) is 6.54 Å². The van der Waals surface area contributed by atoms with E-state index in [0.717, 1.165) is 23.4 Å². The summed E-state index contributed by atoms with van der Waals surface area (Å²) < 4.78 is 5.83. The van der Waals surface area contributed by atoms with Gasteiger partial charge in [-0.15, -0.1) is 0 Å². The Balaban J connectivity index is 1.87. The molecule has 0 spiro atoms. The number of carbonyl (C=O) groups excluding carboxylic acids is 1. The molecule has 1 heterocycles. The number of ether oxygens (including phenoxy) is 1. The fraction of sp³-hybridized carbons (Fsp3) is 0.238. The smallest absolute Gasteiger partial charge is 0.173 e. The van der Waals surface area contributed by atoms with Gasteiger partial charge in [0.05, 0.1) is 6.04 Å². The van der Waals surface area contributed by atoms with Crippen molar-refractivity contribution in [3.63, 3.8) is 0 Å². The monoisotopic (exact) mass is 400 g/mol. The number of rotatable bonds is 5. The molecule has 27 heavy (non-hydrogen) atoms. The minimum Gasteiger partial charge on any atom is -0.457 e. The molecule has 6 heteroatoms. The van der Waals surface area contributed by atoms with Gasteiger partial charge in [-0.3, -0.25) is 4.79 Å². The molecule has 0 saturated carbocycles. The van der Waals surface area contributed by atoms with Gasteiger partial charge in [0.25, 0.3) is 0 Å². The van der Waals surface area contributed by atoms with E-state index in [-0.39, 0.29) is 11.8 Å². The number of nitrogens with one attached hydrogen (secondary N) is 1. The van der Waals surface area contributed by atoms with Gasteiger partial charge in [0.2, 0.25) is 0 Å². The minimum absolute atomic E-state index is 0.0347. The van der Waals surface area contributed by atoms with Crippen LogP contribution >= 0.6 is 23.8 Å². The largest absolute Gasteiger partial charge is 0.457 e. The number of hydrogen-bond donors (Lipinski definition) is 1. The predicted octanol–water partition coefficient (Wildman–Crippen LogP) is 5.25. The third-order valence-electron chi connectivity index (χ3n) is 4.55. The van der Waals surface area contributed by atoms with E-state index in [1.165, 1.54) is 0 Å². The van der Waals surface area contributed by atoms with E-state index in [1.54, 1.807) is 19.1 Å². The van der Waals surface area contributed by atoms with Gasteiger partial charge in [-0.05, 0) is 75.0 Å². The van der Waals surface area contributed by atoms with Crippen LogP contribution < -0.4 is 10.1 Å². The number of nitrogens with zero attached hydrogens (tertiary/aromatic N) is 1. The lowest BCUT2D eigenvalue weighted by Gasteiger charge is -2.37. The predicted molar refractivity (Wildman–Crippen MR) is 112 cm³/mol. The van der Waals surface area contributed by atoms with Crippen LogP contribution in [0.25, 0.3) is 0 Å². The summed E-state index contributed by atoms with van der Waals surface area (Å²) in [5, 5.41) is 4.59. The zero-order valence-electron chi connectivity index (χ0n) is 15.5. The number of allylic oxidation sites excluding steroid dienone is 1. The highest BCUT2D eigenvalue weighted by molar-refractivity contribution is 7.80. The molecule has 0 radical (unpaired) electrons. The average Bonchev–Trinajstić information content (AvgIpc) is 2.64. The molecule has 2 aromatic carbocycles. The molecule has 1 N–H and O–H groups in total. The molecule has 1 unspecified atom stereocenters. The zero-order chi connectivity index (χ0) is 19.6. The second-order valence-corrected chi connectivity index (χ2v) is 7.13. The number of Topliss-reactive ketones (excluding diaryl/α,β-unsaturated/α-hetero) is 1. The van der Waals surface area contributed by atoms with Crippen molar-refractivity contribution in [1.82, 2.24) is 10.2 Å². The first-order valence-corrected chi connectivity index (χ1v) is 9.52. The van der Waals surface area contributed by atoms with Gasteiger partial charge >= 0.3 is 0 Å². The van der Waals surface area contributed by atoms with Gasteiger partial charge in [0, 0.05) is 22.8 Å². The van der Waals surface area contributed by atoms with Crippen molar-refractivity contribution in [3.8, 4) is 11.5 Å². The number of ketones is 1. The van der Waals surface area contributed by atoms with E-state index in [1.807, 2.05) is 55.1 Å². The maximum absolute atomic E-state index is 12.3. The van der Waals surface area contributed by atoms with Crippen molar-refractivity contribution in [2.45, 2.75) is 26.8 Å². The Morgan fingerprint density at radius 1 is 1.15 bits per heavy atom. The molecule has 0 fully saturated rings. The summed E-state index contributed by atoms with van der Waals surface area (Å²) in [7, 11) is 0. The minimum atomic E-state index is -0.262. The lowest BCUT2D eigenvalue weighted by molar-refractivity contribution is -0.114. The normalized spacial score (nSPS) is 17.0. The maximum atomic E-state index is 12.3. The fourth-order valence-electron chi connectivity index (χ4n) is 3.24. The van der Waals surface area contributed by atoms with Gasteiger partial charge in [-0.2, -0.15) is 0 Å².